The largest absolute Gasteiger partial charge is 0.362 e. The van der Waals surface area contributed by atoms with E-state index in [1.165, 1.54) is 11.6 Å². The predicted molar refractivity (Wildman–Crippen MR) is 103 cm³/mol. The first-order chi connectivity index (χ1) is 12.6. The quantitative estimate of drug-likeness (QED) is 0.659. The van der Waals surface area contributed by atoms with Crippen molar-refractivity contribution in [3.05, 3.63) is 71.3 Å². The monoisotopic (exact) mass is 349 g/mol. The van der Waals surface area contributed by atoms with Crippen LogP contribution in [0.15, 0.2) is 54.6 Å². The number of rotatable bonds is 4. The molecule has 3 rings (SSSR count). The van der Waals surface area contributed by atoms with Crippen LogP contribution in [0.3, 0.4) is 0 Å². The first-order valence-corrected chi connectivity index (χ1v) is 8.79. The summed E-state index contributed by atoms with van der Waals surface area (Å²) in [4.78, 5) is 26.1. The third kappa shape index (κ3) is 4.51. The fraction of sp³-hybridized carbons (Fsp3) is 0.238. The molecule has 0 radical (unpaired) electrons. The molecule has 0 atom stereocenters. The molecule has 1 aliphatic rings. The zero-order valence-electron chi connectivity index (χ0n) is 14.9. The minimum atomic E-state index is -0.361. The number of nitrogens with zero attached hydrogens (tertiary/aromatic N) is 1. The van der Waals surface area contributed by atoms with Crippen molar-refractivity contribution in [1.29, 1.82) is 0 Å². The number of benzene rings is 2. The summed E-state index contributed by atoms with van der Waals surface area (Å²) in [5, 5.41) is 0. The number of carbonyl (C=O) groups is 2. The minimum Gasteiger partial charge on any atom is -0.362 e. The molecule has 0 spiro atoms. The van der Waals surface area contributed by atoms with Gasteiger partial charge in [0.25, 0.3) is 11.8 Å². The second-order valence-electron chi connectivity index (χ2n) is 6.38. The summed E-state index contributed by atoms with van der Waals surface area (Å²) in [5.41, 5.74) is 9.33. The topological polar surface area (TPSA) is 61.4 Å². The smallest absolute Gasteiger partial charge is 0.262 e. The van der Waals surface area contributed by atoms with Crippen molar-refractivity contribution in [3.63, 3.8) is 0 Å². The number of carbonyl (C=O) groups excluding carboxylic acids is 2. The number of nitrogens with one attached hydrogen (secondary N) is 2. The van der Waals surface area contributed by atoms with Crippen molar-refractivity contribution in [3.8, 4) is 0 Å². The highest BCUT2D eigenvalue weighted by Gasteiger charge is 2.18. The van der Waals surface area contributed by atoms with Crippen LogP contribution < -0.4 is 15.8 Å². The Morgan fingerprint density at radius 3 is 2.69 bits per heavy atom. The minimum absolute atomic E-state index is 0.221. The average Bonchev–Trinajstić information content (AvgIpc) is 2.66. The van der Waals surface area contributed by atoms with Crippen molar-refractivity contribution < 1.29 is 9.59 Å². The Kier molecular flexibility index (Phi) is 5.69. The molecular formula is C21H23N3O2. The van der Waals surface area contributed by atoms with Gasteiger partial charge in [0.05, 0.1) is 6.54 Å². The third-order valence-electron chi connectivity index (χ3n) is 4.47. The number of hydrazine groups is 1. The SMILES string of the molecule is Cc1ccccc1/C=C/C(=O)NNC(=O)CN1CCCc2ccccc21. The molecule has 0 fully saturated rings. The van der Waals surface area contributed by atoms with Gasteiger partial charge in [-0.3, -0.25) is 20.4 Å². The molecule has 134 valence electrons. The Balaban J connectivity index is 1.50. The van der Waals surface area contributed by atoms with E-state index >= 15 is 0 Å². The molecule has 0 saturated carbocycles. The van der Waals surface area contributed by atoms with Gasteiger partial charge >= 0.3 is 0 Å². The summed E-state index contributed by atoms with van der Waals surface area (Å²) in [6.45, 7) is 3.04. The Morgan fingerprint density at radius 1 is 1.08 bits per heavy atom. The summed E-state index contributed by atoms with van der Waals surface area (Å²) >= 11 is 0. The average molecular weight is 349 g/mol. The van der Waals surface area contributed by atoms with Crippen LogP contribution >= 0.6 is 0 Å². The molecule has 0 bridgehead atoms. The van der Waals surface area contributed by atoms with Gasteiger partial charge in [0.15, 0.2) is 0 Å². The lowest BCUT2D eigenvalue weighted by atomic mass is 10.0. The van der Waals surface area contributed by atoms with Gasteiger partial charge in [0.2, 0.25) is 0 Å². The molecule has 2 N–H and O–H groups in total. The van der Waals surface area contributed by atoms with Gasteiger partial charge in [-0.25, -0.2) is 0 Å². The van der Waals surface area contributed by atoms with E-state index in [1.54, 1.807) is 6.08 Å². The molecule has 1 heterocycles. The summed E-state index contributed by atoms with van der Waals surface area (Å²) in [7, 11) is 0. The molecule has 1 aliphatic heterocycles. The van der Waals surface area contributed by atoms with Crippen molar-refractivity contribution in [1.82, 2.24) is 10.9 Å². The van der Waals surface area contributed by atoms with Gasteiger partial charge in [-0.1, -0.05) is 42.5 Å². The predicted octanol–water partition coefficient (Wildman–Crippen LogP) is 2.61. The van der Waals surface area contributed by atoms with Gasteiger partial charge < -0.3 is 4.90 Å². The Morgan fingerprint density at radius 2 is 1.85 bits per heavy atom. The van der Waals surface area contributed by atoms with E-state index in [-0.39, 0.29) is 18.4 Å². The van der Waals surface area contributed by atoms with E-state index in [0.717, 1.165) is 36.2 Å². The summed E-state index contributed by atoms with van der Waals surface area (Å²) in [6, 6.07) is 15.9. The summed E-state index contributed by atoms with van der Waals surface area (Å²) < 4.78 is 0. The van der Waals surface area contributed by atoms with Crippen LogP contribution in [-0.4, -0.2) is 24.9 Å². The molecular weight excluding hydrogens is 326 g/mol. The van der Waals surface area contributed by atoms with Gasteiger partial charge in [-0.15, -0.1) is 0 Å². The maximum atomic E-state index is 12.2. The Bertz CT molecular complexity index is 830. The molecule has 0 unspecified atom stereocenters. The van der Waals surface area contributed by atoms with Crippen LogP contribution in [0.25, 0.3) is 6.08 Å². The molecule has 0 aliphatic carbocycles. The van der Waals surface area contributed by atoms with E-state index in [1.807, 2.05) is 54.3 Å². The first-order valence-electron chi connectivity index (χ1n) is 8.79. The van der Waals surface area contributed by atoms with Crippen molar-refractivity contribution in [2.75, 3.05) is 18.0 Å². The lowest BCUT2D eigenvalue weighted by Crippen LogP contribution is -2.47. The highest BCUT2D eigenvalue weighted by Crippen LogP contribution is 2.26. The fourth-order valence-electron chi connectivity index (χ4n) is 3.10. The Hall–Kier alpha value is -3.08. The summed E-state index contributed by atoms with van der Waals surface area (Å²) in [6.07, 6.45) is 5.21. The molecule has 26 heavy (non-hydrogen) atoms. The van der Waals surface area contributed by atoms with Crippen LogP contribution in [-0.2, 0) is 16.0 Å². The maximum Gasteiger partial charge on any atom is 0.262 e. The van der Waals surface area contributed by atoms with Crippen molar-refractivity contribution in [2.24, 2.45) is 0 Å². The van der Waals surface area contributed by atoms with Gasteiger partial charge in [0.1, 0.15) is 0 Å². The van der Waals surface area contributed by atoms with Crippen LogP contribution in [0.1, 0.15) is 23.1 Å². The fourth-order valence-corrected chi connectivity index (χ4v) is 3.10. The van der Waals surface area contributed by atoms with Crippen molar-refractivity contribution in [2.45, 2.75) is 19.8 Å². The number of fused-ring (bicyclic) bond motifs is 1. The highest BCUT2D eigenvalue weighted by molar-refractivity contribution is 5.93. The molecule has 5 heteroatoms. The maximum absolute atomic E-state index is 12.2. The summed E-state index contributed by atoms with van der Waals surface area (Å²) in [5.74, 6) is -0.597. The molecule has 2 amide bonds. The zero-order chi connectivity index (χ0) is 18.4. The number of amides is 2. The molecule has 5 nitrogen and oxygen atoms in total. The molecule has 2 aromatic rings. The van der Waals surface area contributed by atoms with Gasteiger partial charge in [0, 0.05) is 18.3 Å². The van der Waals surface area contributed by atoms with Gasteiger partial charge in [-0.05, 0) is 48.6 Å². The third-order valence-corrected chi connectivity index (χ3v) is 4.47. The van der Waals surface area contributed by atoms with Crippen LogP contribution in [0.5, 0.6) is 0 Å². The number of anilines is 1. The second kappa shape index (κ2) is 8.34. The van der Waals surface area contributed by atoms with Crippen LogP contribution in [0.4, 0.5) is 5.69 Å². The second-order valence-corrected chi connectivity index (χ2v) is 6.38. The standard InChI is InChI=1S/C21H23N3O2/c1-16-7-2-3-8-17(16)12-13-20(25)22-23-21(26)15-24-14-6-10-18-9-4-5-11-19(18)24/h2-5,7-9,11-13H,6,10,14-15H2,1H3,(H,22,25)(H,23,26)/b13-12+. The first kappa shape index (κ1) is 17.7. The van der Waals surface area contributed by atoms with Gasteiger partial charge in [-0.2, -0.15) is 0 Å². The zero-order valence-corrected chi connectivity index (χ0v) is 14.9. The van der Waals surface area contributed by atoms with E-state index in [9.17, 15) is 9.59 Å². The number of aryl methyl sites for hydroxylation is 2. The number of hydrogen-bond donors (Lipinski definition) is 2. The van der Waals surface area contributed by atoms with Crippen LogP contribution in [0.2, 0.25) is 0 Å². The highest BCUT2D eigenvalue weighted by atomic mass is 16.2. The molecule has 0 aromatic heterocycles. The lowest BCUT2D eigenvalue weighted by Gasteiger charge is -2.30. The lowest BCUT2D eigenvalue weighted by molar-refractivity contribution is -0.125. The number of hydrogen-bond acceptors (Lipinski definition) is 3. The normalized spacial score (nSPS) is 13.3. The van der Waals surface area contributed by atoms with Crippen LogP contribution in [0, 0.1) is 6.92 Å². The van der Waals surface area contributed by atoms with Crippen molar-refractivity contribution >= 4 is 23.6 Å². The molecule has 0 saturated heterocycles. The number of para-hydroxylation sites is 1. The molecule has 2 aromatic carbocycles. The Labute approximate surface area is 153 Å². The van der Waals surface area contributed by atoms with E-state index in [2.05, 4.69) is 16.9 Å². The van der Waals surface area contributed by atoms with E-state index in [0.29, 0.717) is 0 Å². The van der Waals surface area contributed by atoms with E-state index < -0.39 is 0 Å². The van der Waals surface area contributed by atoms with E-state index in [4.69, 9.17) is 0 Å².